The summed E-state index contributed by atoms with van der Waals surface area (Å²) in [6.07, 6.45) is 5.16. The molecule has 0 saturated carbocycles. The van der Waals surface area contributed by atoms with Gasteiger partial charge in [-0.1, -0.05) is 6.07 Å². The molecule has 10 heteroatoms. The lowest BCUT2D eigenvalue weighted by atomic mass is 10.2. The minimum Gasteiger partial charge on any atom is -0.364 e. The Hall–Kier alpha value is -4.08. The van der Waals surface area contributed by atoms with Crippen molar-refractivity contribution in [3.8, 4) is 5.69 Å². The fourth-order valence-corrected chi connectivity index (χ4v) is 2.66. The highest BCUT2D eigenvalue weighted by Crippen LogP contribution is 2.28. The maximum absolute atomic E-state index is 11.7. The average Bonchev–Trinajstić information content (AvgIpc) is 3.13. The molecular weight excluding hydrogens is 346 g/mol. The number of hydrogen-bond donors (Lipinski definition) is 3. The fraction of sp³-hybridized carbons (Fsp3) is 0.0588. The van der Waals surface area contributed by atoms with Gasteiger partial charge in [0.25, 0.3) is 5.91 Å². The maximum Gasteiger partial charge on any atom is 0.273 e. The third kappa shape index (κ3) is 2.99. The van der Waals surface area contributed by atoms with E-state index >= 15 is 0 Å². The van der Waals surface area contributed by atoms with E-state index < -0.39 is 5.91 Å². The molecule has 0 radical (unpaired) electrons. The molecule has 1 amide bonds. The molecule has 0 fully saturated rings. The van der Waals surface area contributed by atoms with Crippen LogP contribution in [0.25, 0.3) is 16.6 Å². The van der Waals surface area contributed by atoms with Crippen LogP contribution in [0.1, 0.15) is 10.5 Å². The first kappa shape index (κ1) is 16.4. The lowest BCUT2D eigenvalue weighted by Crippen LogP contribution is -2.18. The van der Waals surface area contributed by atoms with Gasteiger partial charge in [0.2, 0.25) is 5.95 Å². The van der Waals surface area contributed by atoms with Crippen LogP contribution in [0.3, 0.4) is 0 Å². The van der Waals surface area contributed by atoms with E-state index in [0.29, 0.717) is 5.69 Å². The summed E-state index contributed by atoms with van der Waals surface area (Å²) < 4.78 is 1.78. The van der Waals surface area contributed by atoms with Gasteiger partial charge in [0.05, 0.1) is 29.3 Å². The molecule has 0 aliphatic heterocycles. The highest BCUT2D eigenvalue weighted by atomic mass is 16.1. The molecule has 134 valence electrons. The van der Waals surface area contributed by atoms with E-state index in [4.69, 9.17) is 5.73 Å². The number of pyridine rings is 1. The van der Waals surface area contributed by atoms with Crippen molar-refractivity contribution in [3.63, 3.8) is 0 Å². The van der Waals surface area contributed by atoms with Gasteiger partial charge < -0.3 is 16.4 Å². The van der Waals surface area contributed by atoms with Gasteiger partial charge in [-0.15, -0.1) is 10.2 Å². The number of aromatic nitrogens is 6. The number of primary amides is 1. The smallest absolute Gasteiger partial charge is 0.273 e. The van der Waals surface area contributed by atoms with Crippen LogP contribution >= 0.6 is 0 Å². The Morgan fingerprint density at radius 2 is 2.04 bits per heavy atom. The average molecular weight is 361 g/mol. The Morgan fingerprint density at radius 1 is 1.15 bits per heavy atom. The first-order valence-corrected chi connectivity index (χ1v) is 8.04. The molecule has 0 aliphatic rings. The lowest BCUT2D eigenvalue weighted by Gasteiger charge is -2.10. The van der Waals surface area contributed by atoms with Crippen LogP contribution in [0.4, 0.5) is 17.5 Å². The second kappa shape index (κ2) is 6.67. The summed E-state index contributed by atoms with van der Waals surface area (Å²) in [5.74, 6) is -0.248. The summed E-state index contributed by atoms with van der Waals surface area (Å²) in [7, 11) is 1.66. The fourth-order valence-electron chi connectivity index (χ4n) is 2.66. The van der Waals surface area contributed by atoms with Crippen LogP contribution in [-0.2, 0) is 0 Å². The second-order valence-corrected chi connectivity index (χ2v) is 5.58. The van der Waals surface area contributed by atoms with Crippen LogP contribution in [0.5, 0.6) is 0 Å². The number of nitrogens with one attached hydrogen (secondary N) is 2. The number of rotatable bonds is 5. The Kier molecular flexibility index (Phi) is 4.05. The highest BCUT2D eigenvalue weighted by Gasteiger charge is 2.16. The summed E-state index contributed by atoms with van der Waals surface area (Å²) in [6, 6.07) is 9.42. The molecule has 4 N–H and O–H groups in total. The Morgan fingerprint density at radius 3 is 2.78 bits per heavy atom. The molecule has 10 nitrogen and oxygen atoms in total. The highest BCUT2D eigenvalue weighted by molar-refractivity contribution is 5.99. The molecule has 0 atom stereocenters. The van der Waals surface area contributed by atoms with E-state index in [1.807, 2.05) is 30.3 Å². The van der Waals surface area contributed by atoms with Gasteiger partial charge in [0.1, 0.15) is 0 Å². The van der Waals surface area contributed by atoms with Gasteiger partial charge in [0.15, 0.2) is 11.5 Å². The monoisotopic (exact) mass is 361 g/mol. The van der Waals surface area contributed by atoms with E-state index in [-0.39, 0.29) is 17.5 Å². The number of carbonyl (C=O) groups is 1. The first-order chi connectivity index (χ1) is 13.2. The quantitative estimate of drug-likeness (QED) is 0.486. The Labute approximate surface area is 153 Å². The van der Waals surface area contributed by atoms with E-state index in [1.165, 1.54) is 0 Å². The molecule has 0 aliphatic carbocycles. The van der Waals surface area contributed by atoms with Gasteiger partial charge >= 0.3 is 0 Å². The van der Waals surface area contributed by atoms with Gasteiger partial charge in [-0.25, -0.2) is 4.68 Å². The van der Waals surface area contributed by atoms with Crippen LogP contribution in [0.2, 0.25) is 0 Å². The number of nitrogens with zero attached hydrogens (tertiary/aromatic N) is 6. The topological polar surface area (TPSA) is 137 Å². The van der Waals surface area contributed by atoms with Crippen LogP contribution in [-0.4, -0.2) is 42.9 Å². The number of fused-ring (bicyclic) bond motifs is 1. The maximum atomic E-state index is 11.7. The minimum absolute atomic E-state index is 0.0503. The van der Waals surface area contributed by atoms with Crippen molar-refractivity contribution in [3.05, 3.63) is 54.6 Å². The number of benzene rings is 1. The van der Waals surface area contributed by atoms with Gasteiger partial charge in [-0.3, -0.25) is 9.78 Å². The van der Waals surface area contributed by atoms with Crippen molar-refractivity contribution < 1.29 is 4.79 Å². The summed E-state index contributed by atoms with van der Waals surface area (Å²) in [4.78, 5) is 20.0. The van der Waals surface area contributed by atoms with Crippen molar-refractivity contribution in [2.75, 3.05) is 17.7 Å². The molecule has 4 aromatic rings. The normalized spacial score (nSPS) is 10.7. The number of carbonyl (C=O) groups excluding carboxylic acids is 1. The summed E-state index contributed by atoms with van der Waals surface area (Å²) in [6.45, 7) is 0. The number of hydrogen-bond acceptors (Lipinski definition) is 8. The van der Waals surface area contributed by atoms with E-state index in [9.17, 15) is 4.79 Å². The van der Waals surface area contributed by atoms with Crippen molar-refractivity contribution in [1.82, 2.24) is 29.9 Å². The Bertz CT molecular complexity index is 1120. The largest absolute Gasteiger partial charge is 0.364 e. The summed E-state index contributed by atoms with van der Waals surface area (Å²) in [5, 5.41) is 18.8. The van der Waals surface area contributed by atoms with E-state index in [1.54, 1.807) is 30.3 Å². The van der Waals surface area contributed by atoms with E-state index in [0.717, 1.165) is 16.6 Å². The van der Waals surface area contributed by atoms with Crippen LogP contribution < -0.4 is 16.4 Å². The van der Waals surface area contributed by atoms with Crippen molar-refractivity contribution in [1.29, 1.82) is 0 Å². The Balaban J connectivity index is 1.80. The second-order valence-electron chi connectivity index (χ2n) is 5.58. The molecule has 4 rings (SSSR count). The zero-order valence-electron chi connectivity index (χ0n) is 14.3. The third-order valence-electron chi connectivity index (χ3n) is 3.90. The summed E-state index contributed by atoms with van der Waals surface area (Å²) >= 11 is 0. The van der Waals surface area contributed by atoms with E-state index in [2.05, 4.69) is 35.9 Å². The molecule has 0 saturated heterocycles. The van der Waals surface area contributed by atoms with Gasteiger partial charge in [-0.05, 0) is 24.3 Å². The molecule has 1 aromatic carbocycles. The number of nitrogens with two attached hydrogens (primary N) is 1. The number of amides is 1. The number of anilines is 3. The van der Waals surface area contributed by atoms with Crippen molar-refractivity contribution in [2.24, 2.45) is 5.73 Å². The molecule has 3 heterocycles. The molecule has 3 aromatic heterocycles. The zero-order valence-corrected chi connectivity index (χ0v) is 14.3. The molecule has 0 unspecified atom stereocenters. The SMILES string of the molecule is CNc1nnc(C(N)=O)c(Nc2cccc3c2cnn3-c2cccnc2)n1. The molecular formula is C17H15N9O. The predicted molar refractivity (Wildman–Crippen MR) is 100 cm³/mol. The van der Waals surface area contributed by atoms with Crippen molar-refractivity contribution >= 4 is 34.3 Å². The summed E-state index contributed by atoms with van der Waals surface area (Å²) in [5.41, 5.74) is 7.74. The van der Waals surface area contributed by atoms with Gasteiger partial charge in [0, 0.05) is 18.6 Å². The zero-order chi connectivity index (χ0) is 18.8. The lowest BCUT2D eigenvalue weighted by molar-refractivity contribution is 0.0995. The van der Waals surface area contributed by atoms with Crippen molar-refractivity contribution in [2.45, 2.75) is 0 Å². The van der Waals surface area contributed by atoms with Crippen LogP contribution in [0, 0.1) is 0 Å². The molecule has 0 bridgehead atoms. The standard InChI is InChI=1S/C17H15N9O/c1-19-17-23-16(14(15(18)27)24-25-17)22-12-5-2-6-13-11(12)9-21-26(13)10-4-3-7-20-8-10/h2-9H,1H3,(H2,18,27)(H2,19,22,23,25). The molecule has 27 heavy (non-hydrogen) atoms. The molecule has 0 spiro atoms. The predicted octanol–water partition coefficient (Wildman–Crippen LogP) is 1.49. The first-order valence-electron chi connectivity index (χ1n) is 8.04. The van der Waals surface area contributed by atoms with Gasteiger partial charge in [-0.2, -0.15) is 10.1 Å². The third-order valence-corrected chi connectivity index (χ3v) is 3.90. The van der Waals surface area contributed by atoms with Crippen LogP contribution in [0.15, 0.2) is 48.9 Å². The minimum atomic E-state index is -0.724.